The van der Waals surface area contributed by atoms with Crippen molar-refractivity contribution in [3.8, 4) is 11.3 Å². The lowest BCUT2D eigenvalue weighted by Crippen LogP contribution is -2.24. The normalized spacial score (nSPS) is 14.2. The molecule has 3 aromatic rings. The smallest absolute Gasteiger partial charge is 0.0895 e. The minimum atomic E-state index is 0.947. The number of nitrogens with zero attached hydrogens (tertiary/aromatic N) is 2. The van der Waals surface area contributed by atoms with Crippen molar-refractivity contribution in [2.45, 2.75) is 13.0 Å². The van der Waals surface area contributed by atoms with Gasteiger partial charge in [-0.3, -0.25) is 4.98 Å². The van der Waals surface area contributed by atoms with Gasteiger partial charge in [-0.1, -0.05) is 30.3 Å². The molecule has 1 N–H and O–H groups in total. The van der Waals surface area contributed by atoms with Crippen molar-refractivity contribution in [1.29, 1.82) is 0 Å². The van der Waals surface area contributed by atoms with Gasteiger partial charge in [-0.25, -0.2) is 4.98 Å². The molecular weight excluding hydrogens is 246 g/mol. The number of hydrogen-bond donors (Lipinski definition) is 1. The molecule has 0 bridgehead atoms. The molecule has 0 radical (unpaired) electrons. The van der Waals surface area contributed by atoms with Gasteiger partial charge in [-0.15, -0.1) is 0 Å². The molecule has 3 heteroatoms. The van der Waals surface area contributed by atoms with Crippen LogP contribution in [-0.4, -0.2) is 16.5 Å². The maximum Gasteiger partial charge on any atom is 0.0895 e. The van der Waals surface area contributed by atoms with Crippen LogP contribution >= 0.6 is 0 Å². The SMILES string of the molecule is c1cc2c(c(-c3cnc4ccccc4n3)c1)CCNC2. The minimum absolute atomic E-state index is 0.947. The molecule has 0 saturated heterocycles. The molecule has 0 unspecified atom stereocenters. The highest BCUT2D eigenvalue weighted by molar-refractivity contribution is 5.77. The Morgan fingerprint density at radius 1 is 0.950 bits per heavy atom. The van der Waals surface area contributed by atoms with Crippen LogP contribution in [0.4, 0.5) is 0 Å². The largest absolute Gasteiger partial charge is 0.312 e. The van der Waals surface area contributed by atoms with Crippen molar-refractivity contribution in [3.05, 3.63) is 59.8 Å². The molecule has 0 amide bonds. The Balaban J connectivity index is 1.90. The van der Waals surface area contributed by atoms with E-state index in [-0.39, 0.29) is 0 Å². The predicted octanol–water partition coefficient (Wildman–Crippen LogP) is 2.94. The lowest BCUT2D eigenvalue weighted by atomic mass is 9.94. The van der Waals surface area contributed by atoms with Crippen molar-refractivity contribution in [1.82, 2.24) is 15.3 Å². The van der Waals surface area contributed by atoms with Gasteiger partial charge in [0.2, 0.25) is 0 Å². The molecule has 20 heavy (non-hydrogen) atoms. The molecule has 0 aliphatic carbocycles. The Hall–Kier alpha value is -2.26. The fourth-order valence-electron chi connectivity index (χ4n) is 2.86. The summed E-state index contributed by atoms with van der Waals surface area (Å²) in [6.07, 6.45) is 2.94. The minimum Gasteiger partial charge on any atom is -0.312 e. The molecule has 0 saturated carbocycles. The standard InChI is InChI=1S/C17H15N3/c1-2-7-16-15(6-1)19-11-17(20-16)14-5-3-4-12-10-18-9-8-13(12)14/h1-7,11,18H,8-10H2. The van der Waals surface area contributed by atoms with Crippen molar-refractivity contribution in [2.24, 2.45) is 0 Å². The molecule has 98 valence electrons. The van der Waals surface area contributed by atoms with Crippen LogP contribution in [0.3, 0.4) is 0 Å². The summed E-state index contributed by atoms with van der Waals surface area (Å²) in [5.74, 6) is 0. The Morgan fingerprint density at radius 3 is 2.80 bits per heavy atom. The highest BCUT2D eigenvalue weighted by Crippen LogP contribution is 2.27. The molecule has 2 heterocycles. The van der Waals surface area contributed by atoms with E-state index in [1.807, 2.05) is 30.5 Å². The van der Waals surface area contributed by atoms with Gasteiger partial charge in [-0.05, 0) is 36.2 Å². The summed E-state index contributed by atoms with van der Waals surface area (Å²) in [4.78, 5) is 9.30. The highest BCUT2D eigenvalue weighted by atomic mass is 14.9. The number of rotatable bonds is 1. The third-order valence-electron chi connectivity index (χ3n) is 3.86. The number of aromatic nitrogens is 2. The Morgan fingerprint density at radius 2 is 1.85 bits per heavy atom. The summed E-state index contributed by atoms with van der Waals surface area (Å²) in [5.41, 5.74) is 6.89. The lowest BCUT2D eigenvalue weighted by molar-refractivity contribution is 0.644. The Bertz CT molecular complexity index is 780. The van der Waals surface area contributed by atoms with Crippen LogP contribution in [0.5, 0.6) is 0 Å². The summed E-state index contributed by atoms with van der Waals surface area (Å²) in [5, 5.41) is 3.41. The fraction of sp³-hybridized carbons (Fsp3) is 0.176. The monoisotopic (exact) mass is 261 g/mol. The Labute approximate surface area is 117 Å². The molecule has 1 aliphatic rings. The fourth-order valence-corrected chi connectivity index (χ4v) is 2.86. The first kappa shape index (κ1) is 11.6. The molecular formula is C17H15N3. The number of benzene rings is 2. The van der Waals surface area contributed by atoms with E-state index in [4.69, 9.17) is 4.98 Å². The van der Waals surface area contributed by atoms with Crippen LogP contribution in [-0.2, 0) is 13.0 Å². The molecule has 0 fully saturated rings. The number of fused-ring (bicyclic) bond motifs is 2. The first-order valence-electron chi connectivity index (χ1n) is 6.95. The van der Waals surface area contributed by atoms with Gasteiger partial charge in [0.1, 0.15) is 0 Å². The van der Waals surface area contributed by atoms with Crippen LogP contribution in [0.2, 0.25) is 0 Å². The van der Waals surface area contributed by atoms with E-state index in [0.717, 1.165) is 36.2 Å². The van der Waals surface area contributed by atoms with Gasteiger partial charge in [-0.2, -0.15) is 0 Å². The summed E-state index contributed by atoms with van der Waals surface area (Å²) >= 11 is 0. The molecule has 3 nitrogen and oxygen atoms in total. The second kappa shape index (κ2) is 4.69. The maximum atomic E-state index is 4.77. The zero-order valence-corrected chi connectivity index (χ0v) is 11.1. The average molecular weight is 261 g/mol. The number of hydrogen-bond acceptors (Lipinski definition) is 3. The van der Waals surface area contributed by atoms with Crippen LogP contribution < -0.4 is 5.32 Å². The summed E-state index contributed by atoms with van der Waals surface area (Å²) in [7, 11) is 0. The zero-order valence-electron chi connectivity index (χ0n) is 11.1. The maximum absolute atomic E-state index is 4.77. The Kier molecular flexibility index (Phi) is 2.71. The lowest BCUT2D eigenvalue weighted by Gasteiger charge is -2.20. The third kappa shape index (κ3) is 1.87. The van der Waals surface area contributed by atoms with Crippen molar-refractivity contribution in [3.63, 3.8) is 0 Å². The number of para-hydroxylation sites is 2. The summed E-state index contributed by atoms with van der Waals surface area (Å²) in [6.45, 7) is 1.98. The van der Waals surface area contributed by atoms with Crippen LogP contribution in [0.1, 0.15) is 11.1 Å². The summed E-state index contributed by atoms with van der Waals surface area (Å²) in [6, 6.07) is 14.5. The van der Waals surface area contributed by atoms with Crippen molar-refractivity contribution >= 4 is 11.0 Å². The van der Waals surface area contributed by atoms with E-state index >= 15 is 0 Å². The van der Waals surface area contributed by atoms with E-state index in [9.17, 15) is 0 Å². The number of nitrogens with one attached hydrogen (secondary N) is 1. The van der Waals surface area contributed by atoms with Gasteiger partial charge in [0.15, 0.2) is 0 Å². The van der Waals surface area contributed by atoms with E-state index in [1.165, 1.54) is 16.7 Å². The summed E-state index contributed by atoms with van der Waals surface area (Å²) < 4.78 is 0. The third-order valence-corrected chi connectivity index (χ3v) is 3.86. The van der Waals surface area contributed by atoms with Gasteiger partial charge < -0.3 is 5.32 Å². The van der Waals surface area contributed by atoms with E-state index < -0.39 is 0 Å². The zero-order chi connectivity index (χ0) is 13.4. The van der Waals surface area contributed by atoms with Gasteiger partial charge in [0.25, 0.3) is 0 Å². The highest BCUT2D eigenvalue weighted by Gasteiger charge is 2.14. The van der Waals surface area contributed by atoms with Crippen molar-refractivity contribution in [2.75, 3.05) is 6.54 Å². The van der Waals surface area contributed by atoms with E-state index in [1.54, 1.807) is 0 Å². The molecule has 2 aromatic carbocycles. The van der Waals surface area contributed by atoms with Gasteiger partial charge in [0.05, 0.1) is 22.9 Å². The van der Waals surface area contributed by atoms with Crippen LogP contribution in [0.15, 0.2) is 48.7 Å². The first-order chi connectivity index (χ1) is 9.92. The molecule has 0 spiro atoms. The van der Waals surface area contributed by atoms with E-state index in [2.05, 4.69) is 28.5 Å². The molecule has 0 atom stereocenters. The molecule has 1 aliphatic heterocycles. The van der Waals surface area contributed by atoms with Gasteiger partial charge >= 0.3 is 0 Å². The first-order valence-corrected chi connectivity index (χ1v) is 6.95. The predicted molar refractivity (Wildman–Crippen MR) is 80.4 cm³/mol. The van der Waals surface area contributed by atoms with Crippen molar-refractivity contribution < 1.29 is 0 Å². The topological polar surface area (TPSA) is 37.8 Å². The molecule has 4 rings (SSSR count). The van der Waals surface area contributed by atoms with Gasteiger partial charge in [0, 0.05) is 12.1 Å². The second-order valence-electron chi connectivity index (χ2n) is 5.11. The quantitative estimate of drug-likeness (QED) is 0.732. The van der Waals surface area contributed by atoms with Crippen LogP contribution in [0, 0.1) is 0 Å². The average Bonchev–Trinajstić information content (AvgIpc) is 2.54. The second-order valence-corrected chi connectivity index (χ2v) is 5.11. The van der Waals surface area contributed by atoms with E-state index in [0.29, 0.717) is 0 Å². The van der Waals surface area contributed by atoms with Crippen LogP contribution in [0.25, 0.3) is 22.3 Å². The molecule has 1 aromatic heterocycles.